The molecule has 0 aliphatic carbocycles. The van der Waals surface area contributed by atoms with Gasteiger partial charge in [0.25, 0.3) is 0 Å². The lowest BCUT2D eigenvalue weighted by Crippen LogP contribution is -2.50. The third-order valence-electron chi connectivity index (χ3n) is 3.59. The first-order chi connectivity index (χ1) is 10.1. The zero-order chi connectivity index (χ0) is 15.2. The van der Waals surface area contributed by atoms with Gasteiger partial charge in [-0.05, 0) is 25.3 Å². The van der Waals surface area contributed by atoms with Gasteiger partial charge in [0, 0.05) is 26.4 Å². The van der Waals surface area contributed by atoms with Crippen LogP contribution in [-0.2, 0) is 16.0 Å². The molecule has 0 unspecified atom stereocenters. The van der Waals surface area contributed by atoms with Crippen molar-refractivity contribution in [2.75, 3.05) is 13.6 Å². The van der Waals surface area contributed by atoms with E-state index in [4.69, 9.17) is 4.74 Å². The number of benzene rings is 1. The van der Waals surface area contributed by atoms with Gasteiger partial charge >= 0.3 is 6.09 Å². The van der Waals surface area contributed by atoms with Gasteiger partial charge in [-0.1, -0.05) is 30.3 Å². The molecule has 0 aromatic heterocycles. The van der Waals surface area contributed by atoms with Crippen LogP contribution in [0.4, 0.5) is 4.79 Å². The van der Waals surface area contributed by atoms with Crippen molar-refractivity contribution in [1.29, 1.82) is 0 Å². The van der Waals surface area contributed by atoms with E-state index < -0.39 is 6.09 Å². The number of ether oxygens (including phenoxy) is 1. The Morgan fingerprint density at radius 3 is 2.71 bits per heavy atom. The summed E-state index contributed by atoms with van der Waals surface area (Å²) < 4.78 is 5.41. The molecule has 5 nitrogen and oxygen atoms in total. The highest BCUT2D eigenvalue weighted by Crippen LogP contribution is 2.14. The van der Waals surface area contributed by atoms with Crippen molar-refractivity contribution >= 4 is 12.0 Å². The Balaban J connectivity index is 1.86. The molecule has 1 heterocycles. The van der Waals surface area contributed by atoms with Gasteiger partial charge in [-0.2, -0.15) is 0 Å². The smallest absolute Gasteiger partial charge is 0.428 e. The Morgan fingerprint density at radius 1 is 1.33 bits per heavy atom. The molecule has 1 aromatic rings. The SMILES string of the molecule is C[C@@H](Cc1ccccc1)OC(=O)N(C)N1CCCCC1=O. The Morgan fingerprint density at radius 2 is 2.05 bits per heavy atom. The molecule has 0 saturated carbocycles. The minimum absolute atomic E-state index is 0.0172. The van der Waals surface area contributed by atoms with E-state index in [0.717, 1.165) is 18.4 Å². The van der Waals surface area contributed by atoms with Crippen LogP contribution < -0.4 is 0 Å². The van der Waals surface area contributed by atoms with E-state index in [-0.39, 0.29) is 12.0 Å². The van der Waals surface area contributed by atoms with E-state index >= 15 is 0 Å². The van der Waals surface area contributed by atoms with Crippen LogP contribution in [0.15, 0.2) is 30.3 Å². The fourth-order valence-electron chi connectivity index (χ4n) is 2.44. The second kappa shape index (κ2) is 7.11. The number of rotatable bonds is 4. The van der Waals surface area contributed by atoms with Crippen LogP contribution in [0.5, 0.6) is 0 Å². The number of carbonyl (C=O) groups excluding carboxylic acids is 2. The fraction of sp³-hybridized carbons (Fsp3) is 0.500. The van der Waals surface area contributed by atoms with Crippen molar-refractivity contribution in [3.63, 3.8) is 0 Å². The van der Waals surface area contributed by atoms with Gasteiger partial charge in [-0.25, -0.2) is 14.8 Å². The molecule has 0 radical (unpaired) electrons. The highest BCUT2D eigenvalue weighted by molar-refractivity contribution is 5.79. The summed E-state index contributed by atoms with van der Waals surface area (Å²) in [6.07, 6.45) is 2.26. The third kappa shape index (κ3) is 4.21. The molecule has 114 valence electrons. The maximum atomic E-state index is 12.1. The van der Waals surface area contributed by atoms with Gasteiger partial charge in [-0.3, -0.25) is 4.79 Å². The monoisotopic (exact) mass is 290 g/mol. The van der Waals surface area contributed by atoms with E-state index in [9.17, 15) is 9.59 Å². The second-order valence-corrected chi connectivity index (χ2v) is 5.38. The number of hydrogen-bond donors (Lipinski definition) is 0. The van der Waals surface area contributed by atoms with Crippen molar-refractivity contribution in [2.45, 2.75) is 38.7 Å². The molecule has 2 amide bonds. The summed E-state index contributed by atoms with van der Waals surface area (Å²) in [4.78, 5) is 23.9. The first kappa shape index (κ1) is 15.4. The number of piperidine rings is 1. The first-order valence-corrected chi connectivity index (χ1v) is 7.36. The average Bonchev–Trinajstić information content (AvgIpc) is 2.48. The van der Waals surface area contributed by atoms with E-state index in [2.05, 4.69) is 0 Å². The molecule has 1 fully saturated rings. The lowest BCUT2D eigenvalue weighted by atomic mass is 10.1. The van der Waals surface area contributed by atoms with Crippen LogP contribution in [-0.4, -0.2) is 41.7 Å². The van der Waals surface area contributed by atoms with Crippen molar-refractivity contribution < 1.29 is 14.3 Å². The summed E-state index contributed by atoms with van der Waals surface area (Å²) in [5.41, 5.74) is 1.12. The van der Waals surface area contributed by atoms with Gasteiger partial charge < -0.3 is 4.74 Å². The molecule has 1 saturated heterocycles. The normalized spacial score (nSPS) is 16.5. The van der Waals surface area contributed by atoms with Gasteiger partial charge in [-0.15, -0.1) is 0 Å². The number of hydrogen-bond acceptors (Lipinski definition) is 3. The summed E-state index contributed by atoms with van der Waals surface area (Å²) in [5, 5.41) is 2.77. The molecule has 0 N–H and O–H groups in total. The van der Waals surface area contributed by atoms with Crippen LogP contribution in [0.1, 0.15) is 31.7 Å². The van der Waals surface area contributed by atoms with Gasteiger partial charge in [0.15, 0.2) is 0 Å². The highest BCUT2D eigenvalue weighted by atomic mass is 16.6. The molecule has 0 spiro atoms. The molecule has 0 bridgehead atoms. The van der Waals surface area contributed by atoms with E-state index in [1.54, 1.807) is 7.05 Å². The number of amides is 2. The first-order valence-electron chi connectivity index (χ1n) is 7.36. The average molecular weight is 290 g/mol. The zero-order valence-electron chi connectivity index (χ0n) is 12.6. The molecule has 1 atom stereocenters. The summed E-state index contributed by atoms with van der Waals surface area (Å²) in [6.45, 7) is 2.44. The molecular formula is C16H22N2O3. The minimum atomic E-state index is -0.478. The van der Waals surface area contributed by atoms with Crippen LogP contribution >= 0.6 is 0 Å². The molecule has 1 aliphatic heterocycles. The van der Waals surface area contributed by atoms with Crippen LogP contribution in [0.25, 0.3) is 0 Å². The quantitative estimate of drug-likeness (QED) is 0.856. The van der Waals surface area contributed by atoms with Crippen LogP contribution in [0.3, 0.4) is 0 Å². The molecule has 5 heteroatoms. The van der Waals surface area contributed by atoms with Crippen molar-refractivity contribution in [3.8, 4) is 0 Å². The van der Waals surface area contributed by atoms with Gasteiger partial charge in [0.05, 0.1) is 0 Å². The predicted molar refractivity (Wildman–Crippen MR) is 79.4 cm³/mol. The molecule has 1 aromatic carbocycles. The number of carbonyl (C=O) groups is 2. The van der Waals surface area contributed by atoms with Crippen LogP contribution in [0.2, 0.25) is 0 Å². The van der Waals surface area contributed by atoms with Gasteiger partial charge in [0.1, 0.15) is 6.10 Å². The lowest BCUT2D eigenvalue weighted by molar-refractivity contribution is -0.148. The maximum Gasteiger partial charge on any atom is 0.428 e. The largest absolute Gasteiger partial charge is 0.445 e. The van der Waals surface area contributed by atoms with E-state index in [1.165, 1.54) is 10.0 Å². The van der Waals surface area contributed by atoms with Crippen molar-refractivity contribution in [2.24, 2.45) is 0 Å². The molecular weight excluding hydrogens is 268 g/mol. The number of nitrogens with zero attached hydrogens (tertiary/aromatic N) is 2. The van der Waals surface area contributed by atoms with Crippen molar-refractivity contribution in [1.82, 2.24) is 10.0 Å². The highest BCUT2D eigenvalue weighted by Gasteiger charge is 2.26. The van der Waals surface area contributed by atoms with Crippen molar-refractivity contribution in [3.05, 3.63) is 35.9 Å². The number of hydrazine groups is 1. The van der Waals surface area contributed by atoms with E-state index in [1.807, 2.05) is 37.3 Å². The van der Waals surface area contributed by atoms with Gasteiger partial charge in [0.2, 0.25) is 5.91 Å². The Labute approximate surface area is 125 Å². The summed E-state index contributed by atoms with van der Waals surface area (Å²) >= 11 is 0. The predicted octanol–water partition coefficient (Wildman–Crippen LogP) is 2.61. The fourth-order valence-corrected chi connectivity index (χ4v) is 2.44. The van der Waals surface area contributed by atoms with E-state index in [0.29, 0.717) is 19.4 Å². The maximum absolute atomic E-state index is 12.1. The summed E-state index contributed by atoms with van der Waals surface area (Å²) in [5.74, 6) is -0.0172. The molecule has 2 rings (SSSR count). The lowest BCUT2D eigenvalue weighted by Gasteiger charge is -2.34. The standard InChI is InChI=1S/C16H22N2O3/c1-13(12-14-8-4-3-5-9-14)21-16(20)17(2)18-11-7-6-10-15(18)19/h3-5,8-9,13H,6-7,10-12H2,1-2H3/t13-/m0/s1. The summed E-state index contributed by atoms with van der Waals surface area (Å²) in [6, 6.07) is 9.88. The second-order valence-electron chi connectivity index (χ2n) is 5.38. The summed E-state index contributed by atoms with van der Waals surface area (Å²) in [7, 11) is 1.58. The Hall–Kier alpha value is -2.04. The van der Waals surface area contributed by atoms with Crippen LogP contribution in [0, 0.1) is 0 Å². The topological polar surface area (TPSA) is 49.9 Å². The third-order valence-corrected chi connectivity index (χ3v) is 3.59. The molecule has 21 heavy (non-hydrogen) atoms. The Kier molecular flexibility index (Phi) is 5.20. The zero-order valence-corrected chi connectivity index (χ0v) is 12.6. The molecule has 1 aliphatic rings. The minimum Gasteiger partial charge on any atom is -0.445 e. The Bertz CT molecular complexity index is 490.